The maximum atomic E-state index is 13.3. The zero-order valence-electron chi connectivity index (χ0n) is 16.4. The monoisotopic (exact) mass is 365 g/mol. The summed E-state index contributed by atoms with van der Waals surface area (Å²) in [6.45, 7) is 3.16. The van der Waals surface area contributed by atoms with Crippen LogP contribution in [0, 0.1) is 17.8 Å². The smallest absolute Gasteiger partial charge is 0.253 e. The van der Waals surface area contributed by atoms with E-state index in [0.717, 1.165) is 47.3 Å². The van der Waals surface area contributed by atoms with Crippen LogP contribution >= 0.6 is 0 Å². The van der Waals surface area contributed by atoms with Gasteiger partial charge in [-0.3, -0.25) is 4.79 Å². The number of carbonyl (C=O) groups is 1. The van der Waals surface area contributed by atoms with E-state index in [4.69, 9.17) is 0 Å². The molecule has 0 atom stereocenters. The molecule has 0 radical (unpaired) electrons. The number of nitrogens with one attached hydrogen (secondary N) is 1. The van der Waals surface area contributed by atoms with Crippen LogP contribution in [-0.4, -0.2) is 21.0 Å². The molecule has 0 unspecified atom stereocenters. The number of carbonyl (C=O) groups excluding carboxylic acids is 1. The quantitative estimate of drug-likeness (QED) is 0.738. The summed E-state index contributed by atoms with van der Waals surface area (Å²) < 4.78 is 2.18. The Kier molecular flexibility index (Phi) is 4.25. The van der Waals surface area contributed by atoms with Gasteiger partial charge >= 0.3 is 0 Å². The molecular formula is C23H31N3O. The Morgan fingerprint density at radius 1 is 1.19 bits per heavy atom. The van der Waals surface area contributed by atoms with E-state index in [1.165, 1.54) is 51.4 Å². The van der Waals surface area contributed by atoms with Crippen molar-refractivity contribution in [3.63, 3.8) is 0 Å². The molecule has 1 N–H and O–H groups in total. The van der Waals surface area contributed by atoms with E-state index in [2.05, 4.69) is 21.8 Å². The predicted molar refractivity (Wildman–Crippen MR) is 108 cm³/mol. The Morgan fingerprint density at radius 3 is 2.56 bits per heavy atom. The largest absolute Gasteiger partial charge is 0.347 e. The fraction of sp³-hybridized carbons (Fsp3) is 0.652. The zero-order valence-corrected chi connectivity index (χ0v) is 16.4. The SMILES string of the molecule is CCCCCn1cc(C(=O)NC23CC4CC(CC(C4)C2)C3)c2cccnc21. The molecule has 0 saturated heterocycles. The maximum absolute atomic E-state index is 13.3. The Labute approximate surface area is 161 Å². The minimum Gasteiger partial charge on any atom is -0.347 e. The molecule has 0 aromatic carbocycles. The van der Waals surface area contributed by atoms with Crippen molar-refractivity contribution >= 4 is 16.9 Å². The number of unbranched alkanes of at least 4 members (excludes halogenated alkanes) is 2. The van der Waals surface area contributed by atoms with Gasteiger partial charge in [-0.15, -0.1) is 0 Å². The maximum Gasteiger partial charge on any atom is 0.253 e. The van der Waals surface area contributed by atoms with E-state index >= 15 is 0 Å². The Hall–Kier alpha value is -1.84. The summed E-state index contributed by atoms with van der Waals surface area (Å²) in [6, 6.07) is 3.99. The van der Waals surface area contributed by atoms with Gasteiger partial charge in [0.2, 0.25) is 0 Å². The normalized spacial score (nSPS) is 31.5. The molecule has 4 heteroatoms. The van der Waals surface area contributed by atoms with Crippen molar-refractivity contribution in [1.82, 2.24) is 14.9 Å². The van der Waals surface area contributed by atoms with E-state index < -0.39 is 0 Å². The van der Waals surface area contributed by atoms with Gasteiger partial charge < -0.3 is 9.88 Å². The number of pyridine rings is 1. The predicted octanol–water partition coefficient (Wildman–Crippen LogP) is 4.93. The fourth-order valence-electron chi connectivity index (χ4n) is 6.58. The third-order valence-corrected chi connectivity index (χ3v) is 7.30. The van der Waals surface area contributed by atoms with Crippen molar-refractivity contribution < 1.29 is 4.79 Å². The summed E-state index contributed by atoms with van der Waals surface area (Å²) in [5, 5.41) is 4.53. The first kappa shape index (κ1) is 17.3. The van der Waals surface area contributed by atoms with Gasteiger partial charge in [0.1, 0.15) is 5.65 Å². The first-order valence-corrected chi connectivity index (χ1v) is 10.9. The number of hydrogen-bond acceptors (Lipinski definition) is 2. The molecule has 4 saturated carbocycles. The van der Waals surface area contributed by atoms with Crippen molar-refractivity contribution in [2.24, 2.45) is 17.8 Å². The van der Waals surface area contributed by atoms with Crippen molar-refractivity contribution in [2.75, 3.05) is 0 Å². The van der Waals surface area contributed by atoms with Crippen LogP contribution in [0.1, 0.15) is 75.1 Å². The average Bonchev–Trinajstić information content (AvgIpc) is 3.00. The number of rotatable bonds is 6. The van der Waals surface area contributed by atoms with Crippen molar-refractivity contribution in [2.45, 2.75) is 76.8 Å². The molecule has 0 spiro atoms. The highest BCUT2D eigenvalue weighted by atomic mass is 16.1. The lowest BCUT2D eigenvalue weighted by molar-refractivity contribution is -0.0166. The van der Waals surface area contributed by atoms with Crippen LogP contribution in [0.4, 0.5) is 0 Å². The number of aryl methyl sites for hydroxylation is 1. The third-order valence-electron chi connectivity index (χ3n) is 7.30. The van der Waals surface area contributed by atoms with Gasteiger partial charge in [-0.2, -0.15) is 0 Å². The van der Waals surface area contributed by atoms with Crippen LogP contribution in [0.25, 0.3) is 11.0 Å². The fourth-order valence-corrected chi connectivity index (χ4v) is 6.58. The molecular weight excluding hydrogens is 334 g/mol. The first-order chi connectivity index (χ1) is 13.2. The molecule has 4 aliphatic rings. The second-order valence-corrected chi connectivity index (χ2v) is 9.47. The van der Waals surface area contributed by atoms with E-state index in [1.807, 2.05) is 24.5 Å². The van der Waals surface area contributed by atoms with Crippen LogP contribution < -0.4 is 5.32 Å². The lowest BCUT2D eigenvalue weighted by atomic mass is 9.53. The second kappa shape index (κ2) is 6.65. The van der Waals surface area contributed by atoms with E-state index in [-0.39, 0.29) is 11.4 Å². The number of aromatic nitrogens is 2. The number of fused-ring (bicyclic) bond motifs is 1. The molecule has 4 nitrogen and oxygen atoms in total. The van der Waals surface area contributed by atoms with Gasteiger partial charge in [0.25, 0.3) is 5.91 Å². The summed E-state index contributed by atoms with van der Waals surface area (Å²) in [4.78, 5) is 17.9. The Morgan fingerprint density at radius 2 is 1.89 bits per heavy atom. The number of nitrogens with zero attached hydrogens (tertiary/aromatic N) is 2. The van der Waals surface area contributed by atoms with Crippen LogP contribution in [0.2, 0.25) is 0 Å². The highest BCUT2D eigenvalue weighted by Gasteiger charge is 2.51. The average molecular weight is 366 g/mol. The lowest BCUT2D eigenvalue weighted by Crippen LogP contribution is -2.59. The molecule has 0 aliphatic heterocycles. The third kappa shape index (κ3) is 3.07. The van der Waals surface area contributed by atoms with Gasteiger partial charge in [-0.05, 0) is 74.8 Å². The summed E-state index contributed by atoms with van der Waals surface area (Å²) in [6.07, 6.45) is 15.2. The van der Waals surface area contributed by atoms with Gasteiger partial charge in [0, 0.05) is 29.9 Å². The summed E-state index contributed by atoms with van der Waals surface area (Å²) in [7, 11) is 0. The van der Waals surface area contributed by atoms with Gasteiger partial charge in [-0.1, -0.05) is 19.8 Å². The second-order valence-electron chi connectivity index (χ2n) is 9.47. The van der Waals surface area contributed by atoms with Crippen LogP contribution in [0.15, 0.2) is 24.5 Å². The zero-order chi connectivity index (χ0) is 18.4. The molecule has 4 aliphatic carbocycles. The van der Waals surface area contributed by atoms with Crippen LogP contribution in [-0.2, 0) is 6.54 Å². The molecule has 6 rings (SSSR count). The lowest BCUT2D eigenvalue weighted by Gasteiger charge is -2.56. The molecule has 2 aromatic rings. The topological polar surface area (TPSA) is 46.9 Å². The van der Waals surface area contributed by atoms with Crippen LogP contribution in [0.3, 0.4) is 0 Å². The summed E-state index contributed by atoms with van der Waals surface area (Å²) in [5.41, 5.74) is 1.82. The van der Waals surface area contributed by atoms with Gasteiger partial charge in [0.05, 0.1) is 5.56 Å². The van der Waals surface area contributed by atoms with E-state index in [9.17, 15) is 4.79 Å². The van der Waals surface area contributed by atoms with Crippen molar-refractivity contribution in [3.05, 3.63) is 30.1 Å². The summed E-state index contributed by atoms with van der Waals surface area (Å²) >= 11 is 0. The van der Waals surface area contributed by atoms with Gasteiger partial charge in [0.15, 0.2) is 0 Å². The Balaban J connectivity index is 1.41. The minimum absolute atomic E-state index is 0.0602. The minimum atomic E-state index is 0.0602. The van der Waals surface area contributed by atoms with E-state index in [0.29, 0.717) is 0 Å². The molecule has 144 valence electrons. The van der Waals surface area contributed by atoms with Crippen LogP contribution in [0.5, 0.6) is 0 Å². The van der Waals surface area contributed by atoms with Gasteiger partial charge in [-0.25, -0.2) is 4.98 Å². The number of hydrogen-bond donors (Lipinski definition) is 1. The highest BCUT2D eigenvalue weighted by Crippen LogP contribution is 2.55. The molecule has 1 amide bonds. The Bertz CT molecular complexity index is 817. The molecule has 27 heavy (non-hydrogen) atoms. The van der Waals surface area contributed by atoms with Crippen molar-refractivity contribution in [1.29, 1.82) is 0 Å². The number of amides is 1. The standard InChI is InChI=1S/C23H31N3O/c1-2-3-4-8-26-15-20(19-6-5-7-24-21(19)26)22(27)25-23-12-16-9-17(13-23)11-18(10-16)14-23/h5-7,15-18H,2-4,8-14H2,1H3,(H,25,27). The molecule has 2 aromatic heterocycles. The molecule has 4 bridgehead atoms. The molecule has 2 heterocycles. The highest BCUT2D eigenvalue weighted by molar-refractivity contribution is 6.06. The van der Waals surface area contributed by atoms with E-state index in [1.54, 1.807) is 0 Å². The summed E-state index contributed by atoms with van der Waals surface area (Å²) in [5.74, 6) is 2.64. The first-order valence-electron chi connectivity index (χ1n) is 10.9. The molecule has 4 fully saturated rings. The van der Waals surface area contributed by atoms with Crippen molar-refractivity contribution in [3.8, 4) is 0 Å².